The van der Waals surface area contributed by atoms with Crippen molar-refractivity contribution in [1.29, 1.82) is 0 Å². The van der Waals surface area contributed by atoms with Gasteiger partial charge in [-0.3, -0.25) is 9.59 Å². The summed E-state index contributed by atoms with van der Waals surface area (Å²) in [5.41, 5.74) is 0.164. The first kappa shape index (κ1) is 15.1. The Morgan fingerprint density at radius 2 is 1.62 bits per heavy atom. The monoisotopic (exact) mass is 292 g/mol. The number of carbonyl (C=O) groups excluding carboxylic acids is 2. The molecular weight excluding hydrogens is 272 g/mol. The first-order valence-corrected chi connectivity index (χ1v) is 6.83. The van der Waals surface area contributed by atoms with E-state index in [1.807, 2.05) is 0 Å². The highest BCUT2D eigenvalue weighted by atomic mass is 16.2. The standard InChI is InChI=1S/C14H20N4O3/c1-15(2)14(21)18-9-7-17(8-10-18)13(20)11-5-4-6-12(19)16(11)3/h4-6H,7-10H2,1-3H3. The molecule has 1 aromatic heterocycles. The van der Waals surface area contributed by atoms with Crippen LogP contribution in [0.1, 0.15) is 10.5 Å². The first-order valence-electron chi connectivity index (χ1n) is 6.83. The van der Waals surface area contributed by atoms with E-state index in [1.165, 1.54) is 15.5 Å². The Balaban J connectivity index is 2.05. The minimum atomic E-state index is -0.206. The van der Waals surface area contributed by atoms with Gasteiger partial charge in [0.05, 0.1) is 0 Å². The number of rotatable bonds is 1. The third kappa shape index (κ3) is 3.07. The van der Waals surface area contributed by atoms with Crippen LogP contribution in [0, 0.1) is 0 Å². The second kappa shape index (κ2) is 5.99. The van der Waals surface area contributed by atoms with E-state index in [9.17, 15) is 14.4 Å². The lowest BCUT2D eigenvalue weighted by molar-refractivity contribution is 0.0639. The van der Waals surface area contributed by atoms with Crippen molar-refractivity contribution in [1.82, 2.24) is 19.3 Å². The molecule has 0 N–H and O–H groups in total. The molecule has 114 valence electrons. The summed E-state index contributed by atoms with van der Waals surface area (Å²) in [5, 5.41) is 0. The number of hydrogen-bond donors (Lipinski definition) is 0. The zero-order valence-electron chi connectivity index (χ0n) is 12.6. The van der Waals surface area contributed by atoms with Crippen molar-refractivity contribution in [2.24, 2.45) is 7.05 Å². The number of aromatic nitrogens is 1. The van der Waals surface area contributed by atoms with Gasteiger partial charge in [-0.05, 0) is 6.07 Å². The van der Waals surface area contributed by atoms with E-state index in [1.54, 1.807) is 43.1 Å². The molecule has 21 heavy (non-hydrogen) atoms. The summed E-state index contributed by atoms with van der Waals surface area (Å²) in [6, 6.07) is 4.60. The molecule has 7 nitrogen and oxygen atoms in total. The molecule has 0 unspecified atom stereocenters. The van der Waals surface area contributed by atoms with Crippen LogP contribution < -0.4 is 5.56 Å². The Hall–Kier alpha value is -2.31. The van der Waals surface area contributed by atoms with Crippen LogP contribution in [0.4, 0.5) is 4.79 Å². The molecule has 0 aromatic carbocycles. The number of pyridine rings is 1. The molecule has 0 radical (unpaired) electrons. The Labute approximate surface area is 123 Å². The molecule has 0 atom stereocenters. The molecular formula is C14H20N4O3. The summed E-state index contributed by atoms with van der Waals surface area (Å²) >= 11 is 0. The third-order valence-corrected chi connectivity index (χ3v) is 3.62. The van der Waals surface area contributed by atoms with Crippen molar-refractivity contribution in [3.8, 4) is 0 Å². The fourth-order valence-corrected chi connectivity index (χ4v) is 2.32. The highest BCUT2D eigenvalue weighted by Gasteiger charge is 2.26. The maximum atomic E-state index is 12.4. The lowest BCUT2D eigenvalue weighted by atomic mass is 10.2. The molecule has 0 aliphatic carbocycles. The van der Waals surface area contributed by atoms with Gasteiger partial charge in [-0.2, -0.15) is 0 Å². The molecule has 0 bridgehead atoms. The number of carbonyl (C=O) groups is 2. The molecule has 7 heteroatoms. The van der Waals surface area contributed by atoms with E-state index in [0.717, 1.165) is 0 Å². The van der Waals surface area contributed by atoms with Crippen LogP contribution in [0.2, 0.25) is 0 Å². The molecule has 2 rings (SSSR count). The van der Waals surface area contributed by atoms with Crippen LogP contribution in [0.5, 0.6) is 0 Å². The second-order valence-electron chi connectivity index (χ2n) is 5.26. The van der Waals surface area contributed by atoms with Gasteiger partial charge in [-0.15, -0.1) is 0 Å². The summed E-state index contributed by atoms with van der Waals surface area (Å²) in [5.74, 6) is -0.174. The number of nitrogens with zero attached hydrogens (tertiary/aromatic N) is 4. The van der Waals surface area contributed by atoms with E-state index >= 15 is 0 Å². The van der Waals surface area contributed by atoms with Crippen LogP contribution >= 0.6 is 0 Å². The van der Waals surface area contributed by atoms with Gasteiger partial charge in [-0.25, -0.2) is 4.79 Å². The van der Waals surface area contributed by atoms with Crippen LogP contribution in [-0.4, -0.2) is 71.5 Å². The highest BCUT2D eigenvalue weighted by Crippen LogP contribution is 2.08. The molecule has 0 saturated carbocycles. The van der Waals surface area contributed by atoms with Crippen LogP contribution in [0.3, 0.4) is 0 Å². The lowest BCUT2D eigenvalue weighted by Gasteiger charge is -2.36. The van der Waals surface area contributed by atoms with Gasteiger partial charge in [0.1, 0.15) is 5.69 Å². The number of piperazine rings is 1. The average Bonchev–Trinajstić information content (AvgIpc) is 2.48. The number of hydrogen-bond acceptors (Lipinski definition) is 3. The van der Waals surface area contributed by atoms with E-state index in [4.69, 9.17) is 0 Å². The van der Waals surface area contributed by atoms with Crippen LogP contribution in [-0.2, 0) is 7.05 Å². The Morgan fingerprint density at radius 3 is 2.19 bits per heavy atom. The van der Waals surface area contributed by atoms with Gasteiger partial charge in [0.2, 0.25) is 0 Å². The number of urea groups is 1. The summed E-state index contributed by atoms with van der Waals surface area (Å²) in [6.07, 6.45) is 0. The first-order chi connectivity index (χ1) is 9.91. The molecule has 1 aliphatic rings. The van der Waals surface area contributed by atoms with Crippen LogP contribution in [0.15, 0.2) is 23.0 Å². The van der Waals surface area contributed by atoms with Crippen molar-refractivity contribution in [3.63, 3.8) is 0 Å². The Morgan fingerprint density at radius 1 is 1.05 bits per heavy atom. The van der Waals surface area contributed by atoms with Gasteiger partial charge in [0.15, 0.2) is 0 Å². The van der Waals surface area contributed by atoms with Crippen molar-refractivity contribution in [2.45, 2.75) is 0 Å². The molecule has 1 aliphatic heterocycles. The Kier molecular flexibility index (Phi) is 4.30. The normalized spacial score (nSPS) is 15.0. The van der Waals surface area contributed by atoms with Gasteiger partial charge < -0.3 is 19.3 Å². The maximum Gasteiger partial charge on any atom is 0.319 e. The minimum absolute atomic E-state index is 0.0470. The lowest BCUT2D eigenvalue weighted by Crippen LogP contribution is -2.53. The van der Waals surface area contributed by atoms with E-state index in [2.05, 4.69) is 0 Å². The van der Waals surface area contributed by atoms with Crippen molar-refractivity contribution < 1.29 is 9.59 Å². The van der Waals surface area contributed by atoms with Gasteiger partial charge in [-0.1, -0.05) is 6.07 Å². The van der Waals surface area contributed by atoms with E-state index in [-0.39, 0.29) is 17.5 Å². The van der Waals surface area contributed by atoms with Crippen molar-refractivity contribution in [3.05, 3.63) is 34.2 Å². The fraction of sp³-hybridized carbons (Fsp3) is 0.500. The highest BCUT2D eigenvalue weighted by molar-refractivity contribution is 5.92. The zero-order valence-corrected chi connectivity index (χ0v) is 12.6. The number of amides is 3. The Bertz CT molecular complexity index is 600. The van der Waals surface area contributed by atoms with Crippen LogP contribution in [0.25, 0.3) is 0 Å². The molecule has 1 fully saturated rings. The van der Waals surface area contributed by atoms with Gasteiger partial charge in [0.25, 0.3) is 11.5 Å². The predicted octanol–water partition coefficient (Wildman–Crippen LogP) is -0.175. The van der Waals surface area contributed by atoms with Crippen molar-refractivity contribution >= 4 is 11.9 Å². The van der Waals surface area contributed by atoms with Gasteiger partial charge >= 0.3 is 6.03 Å². The fourth-order valence-electron chi connectivity index (χ4n) is 2.32. The molecule has 1 aromatic rings. The predicted molar refractivity (Wildman–Crippen MR) is 78.2 cm³/mol. The largest absolute Gasteiger partial charge is 0.334 e. The second-order valence-corrected chi connectivity index (χ2v) is 5.26. The summed E-state index contributed by atoms with van der Waals surface area (Å²) in [7, 11) is 5.00. The molecule has 0 spiro atoms. The summed E-state index contributed by atoms with van der Waals surface area (Å²) in [4.78, 5) is 40.8. The zero-order chi connectivity index (χ0) is 15.6. The van der Waals surface area contributed by atoms with Gasteiger partial charge in [0, 0.05) is 53.4 Å². The maximum absolute atomic E-state index is 12.4. The minimum Gasteiger partial charge on any atom is -0.334 e. The smallest absolute Gasteiger partial charge is 0.319 e. The summed E-state index contributed by atoms with van der Waals surface area (Å²) in [6.45, 7) is 1.95. The molecule has 3 amide bonds. The van der Waals surface area contributed by atoms with Crippen molar-refractivity contribution in [2.75, 3.05) is 40.3 Å². The molecule has 2 heterocycles. The van der Waals surface area contributed by atoms with E-state index in [0.29, 0.717) is 31.9 Å². The summed E-state index contributed by atoms with van der Waals surface area (Å²) < 4.78 is 1.35. The third-order valence-electron chi connectivity index (χ3n) is 3.62. The average molecular weight is 292 g/mol. The van der Waals surface area contributed by atoms with E-state index < -0.39 is 0 Å². The molecule has 1 saturated heterocycles. The SMILES string of the molecule is CN(C)C(=O)N1CCN(C(=O)c2cccc(=O)n2C)CC1. The topological polar surface area (TPSA) is 65.9 Å². The quantitative estimate of drug-likeness (QED) is 0.721.